The third-order valence-corrected chi connectivity index (χ3v) is 4.06. The van der Waals surface area contributed by atoms with Crippen LogP contribution in [0, 0.1) is 5.82 Å². The van der Waals surface area contributed by atoms with Gasteiger partial charge in [0.15, 0.2) is 10.8 Å². The highest BCUT2D eigenvalue weighted by atomic mass is 35.5. The Hall–Kier alpha value is -1.80. The lowest BCUT2D eigenvalue weighted by Crippen LogP contribution is -2.13. The minimum Gasteiger partial charge on any atom is -0.504 e. The van der Waals surface area contributed by atoms with Gasteiger partial charge >= 0.3 is 0 Å². The lowest BCUT2D eigenvalue weighted by atomic mass is 10.3. The maximum absolute atomic E-state index is 13.2. The summed E-state index contributed by atoms with van der Waals surface area (Å²) in [5.41, 5.74) is -0.346. The van der Waals surface area contributed by atoms with E-state index in [4.69, 9.17) is 11.6 Å². The highest BCUT2D eigenvalue weighted by Crippen LogP contribution is 2.33. The fourth-order valence-electron chi connectivity index (χ4n) is 1.49. The van der Waals surface area contributed by atoms with E-state index in [2.05, 4.69) is 4.98 Å². The van der Waals surface area contributed by atoms with Crippen LogP contribution in [0.25, 0.3) is 0 Å². The molecule has 20 heavy (non-hydrogen) atoms. The number of hydrogen-bond acceptors (Lipinski definition) is 4. The van der Waals surface area contributed by atoms with E-state index in [9.17, 15) is 17.9 Å². The monoisotopic (exact) mass is 319 g/mol. The molecule has 108 valence electrons. The third-order valence-electron chi connectivity index (χ3n) is 2.52. The molecule has 0 aliphatic heterocycles. The molecule has 0 aliphatic carbocycles. The maximum Gasteiger partial charge on any atom is 0.281 e. The number of benzene rings is 1. The van der Waals surface area contributed by atoms with E-state index in [1.807, 2.05) is 11.6 Å². The number of nitrogens with zero attached hydrogens (tertiary/aromatic N) is 2. The largest absolute Gasteiger partial charge is 0.504 e. The number of anilines is 1. The van der Waals surface area contributed by atoms with Gasteiger partial charge in [-0.3, -0.25) is 4.72 Å². The van der Waals surface area contributed by atoms with Crippen molar-refractivity contribution in [2.45, 2.75) is 18.5 Å². The first-order chi connectivity index (χ1) is 9.33. The Morgan fingerprint density at radius 2 is 2.20 bits per heavy atom. The number of rotatable bonds is 4. The van der Waals surface area contributed by atoms with E-state index >= 15 is 0 Å². The summed E-state index contributed by atoms with van der Waals surface area (Å²) in [5.74, 6) is -1.32. The molecule has 9 heteroatoms. The summed E-state index contributed by atoms with van der Waals surface area (Å²) in [6.45, 7) is 2.38. The number of phenolic OH excluding ortho intramolecular Hbond substituents is 1. The van der Waals surface area contributed by atoms with Crippen molar-refractivity contribution in [2.75, 3.05) is 4.72 Å². The van der Waals surface area contributed by atoms with Crippen LogP contribution < -0.4 is 4.72 Å². The topological polar surface area (TPSA) is 84.2 Å². The minimum atomic E-state index is -4.03. The molecule has 0 saturated carbocycles. The van der Waals surface area contributed by atoms with E-state index < -0.39 is 21.6 Å². The van der Waals surface area contributed by atoms with Gasteiger partial charge in [-0.15, -0.1) is 0 Å². The van der Waals surface area contributed by atoms with Crippen LogP contribution in [0.1, 0.15) is 6.92 Å². The second-order valence-electron chi connectivity index (χ2n) is 3.93. The van der Waals surface area contributed by atoms with Gasteiger partial charge in [0.25, 0.3) is 10.0 Å². The molecule has 1 aromatic heterocycles. The van der Waals surface area contributed by atoms with Gasteiger partial charge in [0.1, 0.15) is 5.82 Å². The Morgan fingerprint density at radius 1 is 1.50 bits per heavy atom. The molecule has 2 rings (SSSR count). The quantitative estimate of drug-likeness (QED) is 0.846. The molecule has 0 radical (unpaired) electrons. The predicted molar refractivity (Wildman–Crippen MR) is 71.8 cm³/mol. The Balaban J connectivity index is 2.38. The lowest BCUT2D eigenvalue weighted by Gasteiger charge is -2.09. The second-order valence-corrected chi connectivity index (χ2v) is 5.97. The van der Waals surface area contributed by atoms with E-state index in [-0.39, 0.29) is 15.7 Å². The molecule has 2 aromatic rings. The summed E-state index contributed by atoms with van der Waals surface area (Å²) < 4.78 is 40.9. The van der Waals surface area contributed by atoms with Gasteiger partial charge < -0.3 is 9.67 Å². The van der Waals surface area contributed by atoms with Crippen LogP contribution >= 0.6 is 11.6 Å². The van der Waals surface area contributed by atoms with Crippen LogP contribution in [0.15, 0.2) is 29.7 Å². The van der Waals surface area contributed by atoms with Gasteiger partial charge in [0.2, 0.25) is 0 Å². The van der Waals surface area contributed by atoms with Gasteiger partial charge in [0, 0.05) is 18.8 Å². The first-order valence-electron chi connectivity index (χ1n) is 5.56. The molecule has 0 atom stereocenters. The first kappa shape index (κ1) is 14.6. The van der Waals surface area contributed by atoms with Crippen molar-refractivity contribution in [1.29, 1.82) is 0 Å². The number of sulfonamides is 1. The highest BCUT2D eigenvalue weighted by molar-refractivity contribution is 7.92. The standard InChI is InChI=1S/C11H11ClFN3O3S/c1-2-16-5-10(14-6-16)20(18,19)15-9-4-7(13)3-8(12)11(9)17/h3-6,15,17H,2H2,1H3. The number of hydrogen-bond donors (Lipinski definition) is 2. The molecule has 0 amide bonds. The molecule has 1 heterocycles. The molecule has 0 unspecified atom stereocenters. The van der Waals surface area contributed by atoms with E-state index in [0.717, 1.165) is 12.1 Å². The van der Waals surface area contributed by atoms with Crippen molar-refractivity contribution >= 4 is 27.3 Å². The number of phenols is 1. The minimum absolute atomic E-state index is 0.237. The molecule has 1 aromatic carbocycles. The average molecular weight is 320 g/mol. The number of aromatic hydroxyl groups is 1. The summed E-state index contributed by atoms with van der Waals surface area (Å²) in [4.78, 5) is 3.73. The van der Waals surface area contributed by atoms with Gasteiger partial charge in [-0.05, 0) is 13.0 Å². The molecule has 2 N–H and O–H groups in total. The Morgan fingerprint density at radius 3 is 2.80 bits per heavy atom. The molecule has 6 nitrogen and oxygen atoms in total. The SMILES string of the molecule is CCn1cnc(S(=O)(=O)Nc2cc(F)cc(Cl)c2O)c1. The third kappa shape index (κ3) is 2.86. The molecule has 0 spiro atoms. The fourth-order valence-corrected chi connectivity index (χ4v) is 2.71. The van der Waals surface area contributed by atoms with E-state index in [1.165, 1.54) is 12.5 Å². The van der Waals surface area contributed by atoms with Crippen molar-refractivity contribution < 1.29 is 17.9 Å². The van der Waals surface area contributed by atoms with Crippen LogP contribution in [-0.2, 0) is 16.6 Å². The second kappa shape index (κ2) is 5.29. The molecular formula is C11H11ClFN3O3S. The zero-order valence-electron chi connectivity index (χ0n) is 10.3. The van der Waals surface area contributed by atoms with Gasteiger partial charge in [-0.25, -0.2) is 9.37 Å². The van der Waals surface area contributed by atoms with Gasteiger partial charge in [-0.1, -0.05) is 11.6 Å². The van der Waals surface area contributed by atoms with Gasteiger partial charge in [-0.2, -0.15) is 8.42 Å². The summed E-state index contributed by atoms with van der Waals surface area (Å²) in [5, 5.41) is 9.11. The number of nitrogens with one attached hydrogen (secondary N) is 1. The zero-order chi connectivity index (χ0) is 14.9. The van der Waals surface area contributed by atoms with Crippen LogP contribution in [0.3, 0.4) is 0 Å². The van der Waals surface area contributed by atoms with Crippen LogP contribution in [0.5, 0.6) is 5.75 Å². The van der Waals surface area contributed by atoms with Crippen molar-refractivity contribution in [2.24, 2.45) is 0 Å². The summed E-state index contributed by atoms with van der Waals surface area (Å²) in [6.07, 6.45) is 2.67. The van der Waals surface area contributed by atoms with Crippen LogP contribution in [0.2, 0.25) is 5.02 Å². The highest BCUT2D eigenvalue weighted by Gasteiger charge is 2.20. The van der Waals surface area contributed by atoms with Crippen molar-refractivity contribution in [3.8, 4) is 5.75 Å². The number of imidazole rings is 1. The van der Waals surface area contributed by atoms with Crippen LogP contribution in [-0.4, -0.2) is 23.1 Å². The van der Waals surface area contributed by atoms with E-state index in [0.29, 0.717) is 6.54 Å². The Labute approximate surface area is 119 Å². The molecule has 0 fully saturated rings. The molecular weight excluding hydrogens is 309 g/mol. The Bertz CT molecular complexity index is 745. The summed E-state index contributed by atoms with van der Waals surface area (Å²) in [7, 11) is -4.03. The number of halogens is 2. The molecule has 0 aliphatic rings. The zero-order valence-corrected chi connectivity index (χ0v) is 11.9. The normalized spacial score (nSPS) is 11.6. The average Bonchev–Trinajstić information content (AvgIpc) is 2.84. The fraction of sp³-hybridized carbons (Fsp3) is 0.182. The predicted octanol–water partition coefficient (Wildman–Crippen LogP) is 2.20. The van der Waals surface area contributed by atoms with Crippen molar-refractivity contribution in [1.82, 2.24) is 9.55 Å². The van der Waals surface area contributed by atoms with Crippen LogP contribution in [0.4, 0.5) is 10.1 Å². The van der Waals surface area contributed by atoms with E-state index in [1.54, 1.807) is 4.57 Å². The lowest BCUT2D eigenvalue weighted by molar-refractivity contribution is 0.476. The summed E-state index contributed by atoms with van der Waals surface area (Å²) in [6, 6.07) is 1.70. The Kier molecular flexibility index (Phi) is 3.87. The molecule has 0 bridgehead atoms. The summed E-state index contributed by atoms with van der Waals surface area (Å²) >= 11 is 5.58. The van der Waals surface area contributed by atoms with Crippen molar-refractivity contribution in [3.05, 3.63) is 35.5 Å². The smallest absolute Gasteiger partial charge is 0.281 e. The molecule has 0 saturated heterocycles. The number of aromatic nitrogens is 2. The van der Waals surface area contributed by atoms with Crippen molar-refractivity contribution in [3.63, 3.8) is 0 Å². The first-order valence-corrected chi connectivity index (χ1v) is 7.42. The number of aryl methyl sites for hydroxylation is 1. The maximum atomic E-state index is 13.2. The van der Waals surface area contributed by atoms with Gasteiger partial charge in [0.05, 0.1) is 17.0 Å².